The molecule has 0 aliphatic heterocycles. The molecular weight excluding hydrogens is 254 g/mol. The fourth-order valence-corrected chi connectivity index (χ4v) is 2.50. The predicted molar refractivity (Wildman–Crippen MR) is 78.0 cm³/mol. The van der Waals surface area contributed by atoms with E-state index in [0.29, 0.717) is 6.42 Å². The van der Waals surface area contributed by atoms with Crippen LogP contribution in [-0.2, 0) is 9.59 Å². The highest BCUT2D eigenvalue weighted by Gasteiger charge is 2.25. The molecule has 5 nitrogen and oxygen atoms in total. The Hall–Kier alpha value is -1.88. The van der Waals surface area contributed by atoms with Crippen LogP contribution < -0.4 is 16.4 Å². The maximum absolute atomic E-state index is 12.0. The molecule has 5 heteroatoms. The fraction of sp³-hybridized carbons (Fsp3) is 0.467. The van der Waals surface area contributed by atoms with Gasteiger partial charge in [0.1, 0.15) is 0 Å². The van der Waals surface area contributed by atoms with Gasteiger partial charge in [0.15, 0.2) is 0 Å². The molecule has 1 aromatic rings. The Morgan fingerprint density at radius 2 is 1.95 bits per heavy atom. The largest absolute Gasteiger partial charge is 0.347 e. The Kier molecular flexibility index (Phi) is 5.12. The summed E-state index contributed by atoms with van der Waals surface area (Å²) in [5, 5.41) is 5.42. The number of hydrogen-bond acceptors (Lipinski definition) is 3. The number of amides is 2. The van der Waals surface area contributed by atoms with Gasteiger partial charge in [0.2, 0.25) is 11.8 Å². The van der Waals surface area contributed by atoms with Crippen LogP contribution in [0.4, 0.5) is 5.69 Å². The van der Waals surface area contributed by atoms with Crippen LogP contribution in [-0.4, -0.2) is 24.4 Å². The molecule has 0 heterocycles. The molecule has 2 unspecified atom stereocenters. The molecule has 0 spiro atoms. The molecule has 20 heavy (non-hydrogen) atoms. The van der Waals surface area contributed by atoms with Gasteiger partial charge < -0.3 is 16.4 Å². The smallest absolute Gasteiger partial charge is 0.243 e. The number of anilines is 1. The normalized spacial score (nSPS) is 22.1. The first-order valence-corrected chi connectivity index (χ1v) is 7.03. The van der Waals surface area contributed by atoms with Crippen molar-refractivity contribution >= 4 is 17.5 Å². The Morgan fingerprint density at radius 1 is 1.20 bits per heavy atom. The summed E-state index contributed by atoms with van der Waals surface area (Å²) in [7, 11) is 0. The van der Waals surface area contributed by atoms with Crippen LogP contribution in [0.2, 0.25) is 0 Å². The summed E-state index contributed by atoms with van der Waals surface area (Å²) in [6, 6.07) is 9.29. The van der Waals surface area contributed by atoms with Crippen molar-refractivity contribution in [3.8, 4) is 0 Å². The van der Waals surface area contributed by atoms with E-state index in [2.05, 4.69) is 10.6 Å². The topological polar surface area (TPSA) is 84.2 Å². The van der Waals surface area contributed by atoms with Gasteiger partial charge in [-0.1, -0.05) is 24.6 Å². The quantitative estimate of drug-likeness (QED) is 0.773. The standard InChI is InChI=1S/C15H21N3O2/c16-12-6-4-5-11(9-12)15(20)17-10-14(19)18-13-7-2-1-3-8-13/h1-3,7-8,11-12H,4-6,9-10,16H2,(H,17,20)(H,18,19). The molecule has 1 aromatic carbocycles. The monoisotopic (exact) mass is 275 g/mol. The summed E-state index contributed by atoms with van der Waals surface area (Å²) in [6.45, 7) is -0.000530. The minimum atomic E-state index is -0.218. The highest BCUT2D eigenvalue weighted by molar-refractivity contribution is 5.94. The van der Waals surface area contributed by atoms with Crippen molar-refractivity contribution in [2.24, 2.45) is 11.7 Å². The second-order valence-electron chi connectivity index (χ2n) is 5.26. The van der Waals surface area contributed by atoms with E-state index in [0.717, 1.165) is 24.9 Å². The van der Waals surface area contributed by atoms with Gasteiger partial charge in [-0.15, -0.1) is 0 Å². The van der Waals surface area contributed by atoms with Crippen LogP contribution in [0.3, 0.4) is 0 Å². The number of benzene rings is 1. The van der Waals surface area contributed by atoms with Gasteiger partial charge in [0, 0.05) is 17.6 Å². The Labute approximate surface area is 118 Å². The molecule has 108 valence electrons. The minimum Gasteiger partial charge on any atom is -0.347 e. The van der Waals surface area contributed by atoms with Gasteiger partial charge in [0.05, 0.1) is 6.54 Å². The lowest BCUT2D eigenvalue weighted by atomic mass is 9.85. The fourth-order valence-electron chi connectivity index (χ4n) is 2.50. The zero-order valence-electron chi connectivity index (χ0n) is 11.5. The van der Waals surface area contributed by atoms with E-state index in [-0.39, 0.29) is 30.3 Å². The highest BCUT2D eigenvalue weighted by Crippen LogP contribution is 2.22. The molecule has 2 amide bonds. The lowest BCUT2D eigenvalue weighted by Gasteiger charge is -2.25. The second-order valence-corrected chi connectivity index (χ2v) is 5.26. The highest BCUT2D eigenvalue weighted by atomic mass is 16.2. The first-order valence-electron chi connectivity index (χ1n) is 7.03. The van der Waals surface area contributed by atoms with E-state index in [9.17, 15) is 9.59 Å². The summed E-state index contributed by atoms with van der Waals surface area (Å²) in [5.74, 6) is -0.337. The average molecular weight is 275 g/mol. The first-order chi connectivity index (χ1) is 9.65. The number of nitrogens with two attached hydrogens (primary N) is 1. The van der Waals surface area contributed by atoms with E-state index in [1.54, 1.807) is 12.1 Å². The number of carbonyl (C=O) groups is 2. The van der Waals surface area contributed by atoms with Crippen molar-refractivity contribution in [3.63, 3.8) is 0 Å². The lowest BCUT2D eigenvalue weighted by Crippen LogP contribution is -2.40. The summed E-state index contributed by atoms with van der Waals surface area (Å²) in [5.41, 5.74) is 6.59. The summed E-state index contributed by atoms with van der Waals surface area (Å²) in [4.78, 5) is 23.7. The summed E-state index contributed by atoms with van der Waals surface area (Å²) >= 11 is 0. The average Bonchev–Trinajstić information content (AvgIpc) is 2.46. The van der Waals surface area contributed by atoms with Gasteiger partial charge in [0.25, 0.3) is 0 Å². The van der Waals surface area contributed by atoms with E-state index in [4.69, 9.17) is 5.73 Å². The maximum Gasteiger partial charge on any atom is 0.243 e. The van der Waals surface area contributed by atoms with Crippen molar-refractivity contribution in [1.82, 2.24) is 5.32 Å². The number of rotatable bonds is 4. The van der Waals surface area contributed by atoms with Crippen LogP contribution in [0.5, 0.6) is 0 Å². The van der Waals surface area contributed by atoms with Crippen LogP contribution in [0.15, 0.2) is 30.3 Å². The third kappa shape index (κ3) is 4.35. The van der Waals surface area contributed by atoms with E-state index < -0.39 is 0 Å². The molecule has 4 N–H and O–H groups in total. The van der Waals surface area contributed by atoms with Crippen molar-refractivity contribution in [2.75, 3.05) is 11.9 Å². The van der Waals surface area contributed by atoms with Crippen molar-refractivity contribution in [2.45, 2.75) is 31.7 Å². The molecule has 0 bridgehead atoms. The van der Waals surface area contributed by atoms with Gasteiger partial charge in [-0.25, -0.2) is 0 Å². The summed E-state index contributed by atoms with van der Waals surface area (Å²) < 4.78 is 0. The molecule has 0 aromatic heterocycles. The van der Waals surface area contributed by atoms with Crippen LogP contribution in [0.1, 0.15) is 25.7 Å². The molecule has 1 fully saturated rings. The Morgan fingerprint density at radius 3 is 2.65 bits per heavy atom. The molecule has 1 aliphatic rings. The molecule has 1 saturated carbocycles. The maximum atomic E-state index is 12.0. The molecular formula is C15H21N3O2. The van der Waals surface area contributed by atoms with E-state index in [1.807, 2.05) is 18.2 Å². The molecule has 2 atom stereocenters. The van der Waals surface area contributed by atoms with Crippen molar-refractivity contribution in [3.05, 3.63) is 30.3 Å². The molecule has 1 aliphatic carbocycles. The van der Waals surface area contributed by atoms with Gasteiger partial charge >= 0.3 is 0 Å². The molecule has 0 saturated heterocycles. The van der Waals surface area contributed by atoms with Crippen LogP contribution >= 0.6 is 0 Å². The third-order valence-electron chi connectivity index (χ3n) is 3.57. The third-order valence-corrected chi connectivity index (χ3v) is 3.57. The Balaban J connectivity index is 1.74. The minimum absolute atomic E-state index is 0.000530. The zero-order valence-corrected chi connectivity index (χ0v) is 11.5. The summed E-state index contributed by atoms with van der Waals surface area (Å²) in [6.07, 6.45) is 3.54. The first kappa shape index (κ1) is 14.5. The van der Waals surface area contributed by atoms with Crippen molar-refractivity contribution in [1.29, 1.82) is 0 Å². The number of nitrogens with one attached hydrogen (secondary N) is 2. The van der Waals surface area contributed by atoms with E-state index in [1.165, 1.54) is 0 Å². The zero-order chi connectivity index (χ0) is 14.4. The Bertz CT molecular complexity index is 461. The lowest BCUT2D eigenvalue weighted by molar-refractivity contribution is -0.128. The number of hydrogen-bond donors (Lipinski definition) is 3. The van der Waals surface area contributed by atoms with Gasteiger partial charge in [-0.3, -0.25) is 9.59 Å². The van der Waals surface area contributed by atoms with Crippen LogP contribution in [0, 0.1) is 5.92 Å². The second kappa shape index (κ2) is 7.05. The van der Waals surface area contributed by atoms with Gasteiger partial charge in [-0.05, 0) is 31.4 Å². The number of para-hydroxylation sites is 1. The van der Waals surface area contributed by atoms with Crippen molar-refractivity contribution < 1.29 is 9.59 Å². The van der Waals surface area contributed by atoms with Crippen LogP contribution in [0.25, 0.3) is 0 Å². The SMILES string of the molecule is NC1CCCC(C(=O)NCC(=O)Nc2ccccc2)C1. The van der Waals surface area contributed by atoms with E-state index >= 15 is 0 Å². The number of carbonyl (C=O) groups excluding carboxylic acids is 2. The molecule has 0 radical (unpaired) electrons. The molecule has 2 rings (SSSR count). The predicted octanol–water partition coefficient (Wildman–Crippen LogP) is 1.26. The van der Waals surface area contributed by atoms with Gasteiger partial charge in [-0.2, -0.15) is 0 Å².